The molecule has 2 aromatic rings. The summed E-state index contributed by atoms with van der Waals surface area (Å²) in [4.78, 5) is 4.06. The summed E-state index contributed by atoms with van der Waals surface area (Å²) in [6.45, 7) is 0. The molecule has 0 spiro atoms. The van der Waals surface area contributed by atoms with Crippen molar-refractivity contribution in [2.45, 2.75) is 31.0 Å². The zero-order valence-electron chi connectivity index (χ0n) is 11.3. The molecule has 0 radical (unpaired) electrons. The van der Waals surface area contributed by atoms with E-state index in [9.17, 15) is 22.0 Å². The van der Waals surface area contributed by atoms with Crippen LogP contribution in [-0.2, 0) is 6.18 Å². The molecule has 1 aromatic heterocycles. The van der Waals surface area contributed by atoms with Gasteiger partial charge >= 0.3 is 130 Å². The Morgan fingerprint density at radius 1 is 1.18 bits per heavy atom. The first-order valence-electron chi connectivity index (χ1n) is 6.82. The van der Waals surface area contributed by atoms with E-state index in [2.05, 4.69) is 4.98 Å². The van der Waals surface area contributed by atoms with Crippen LogP contribution < -0.4 is 0 Å². The molecule has 2 heterocycles. The fourth-order valence-corrected chi connectivity index (χ4v) is 7.17. The Balaban J connectivity index is 1.86. The average Bonchev–Trinajstić information content (AvgIpc) is 3.14. The van der Waals surface area contributed by atoms with E-state index in [-0.39, 0.29) is 11.0 Å². The van der Waals surface area contributed by atoms with Crippen LogP contribution >= 0.6 is 19.8 Å². The molecule has 8 heteroatoms. The van der Waals surface area contributed by atoms with Crippen molar-refractivity contribution < 1.29 is 22.0 Å². The van der Waals surface area contributed by atoms with E-state index in [0.29, 0.717) is 0 Å². The first kappa shape index (κ1) is 14.6. The Bertz CT molecular complexity index is 740. The van der Waals surface area contributed by atoms with Crippen LogP contribution in [0.2, 0.25) is 0 Å². The van der Waals surface area contributed by atoms with Crippen molar-refractivity contribution >= 4 is 30.9 Å². The van der Waals surface area contributed by atoms with E-state index in [4.69, 9.17) is 0 Å². The quantitative estimate of drug-likeness (QED) is 0.383. The number of imidazole rings is 1. The second kappa shape index (κ2) is 4.55. The molecule has 22 heavy (non-hydrogen) atoms. The van der Waals surface area contributed by atoms with E-state index in [1.807, 2.05) is 0 Å². The van der Waals surface area contributed by atoms with Gasteiger partial charge < -0.3 is 0 Å². The minimum absolute atomic E-state index is 0.0468. The topological polar surface area (TPSA) is 17.8 Å². The molecule has 2 aliphatic rings. The second-order valence-corrected chi connectivity index (χ2v) is 11.7. The molecule has 1 aliphatic heterocycles. The van der Waals surface area contributed by atoms with Crippen LogP contribution in [0.4, 0.5) is 22.0 Å². The summed E-state index contributed by atoms with van der Waals surface area (Å²) in [5, 5.41) is 0. The molecule has 1 aromatic carbocycles. The van der Waals surface area contributed by atoms with Crippen LogP contribution in [0, 0.1) is 3.57 Å². The fourth-order valence-electron chi connectivity index (χ4n) is 2.86. The number of fused-ring (bicyclic) bond motifs is 1. The summed E-state index contributed by atoms with van der Waals surface area (Å²) in [6, 6.07) is 2.36. The van der Waals surface area contributed by atoms with Gasteiger partial charge in [0.05, 0.1) is 0 Å². The number of rotatable bonds is 2. The van der Waals surface area contributed by atoms with Gasteiger partial charge in [-0.3, -0.25) is 0 Å². The SMILES string of the molecule is FC1(F)CC(n2cnc3cc(I4CC4)cc(C(F)(F)F)c32)C1. The third-order valence-electron chi connectivity index (χ3n) is 4.09. The molecule has 2 nitrogen and oxygen atoms in total. The van der Waals surface area contributed by atoms with Crippen molar-refractivity contribution in [2.75, 3.05) is 8.86 Å². The van der Waals surface area contributed by atoms with Gasteiger partial charge in [0, 0.05) is 0 Å². The van der Waals surface area contributed by atoms with Crippen LogP contribution in [0.25, 0.3) is 11.0 Å². The molecule has 0 atom stereocenters. The summed E-state index contributed by atoms with van der Waals surface area (Å²) >= 11 is -1.36. The zero-order chi connectivity index (χ0) is 15.7. The van der Waals surface area contributed by atoms with Crippen LogP contribution in [0.1, 0.15) is 24.4 Å². The zero-order valence-corrected chi connectivity index (χ0v) is 13.5. The third kappa shape index (κ3) is 2.39. The van der Waals surface area contributed by atoms with Gasteiger partial charge in [-0.15, -0.1) is 0 Å². The molecule has 120 valence electrons. The third-order valence-corrected chi connectivity index (χ3v) is 8.63. The van der Waals surface area contributed by atoms with E-state index in [0.717, 1.165) is 12.4 Å². The van der Waals surface area contributed by atoms with Crippen molar-refractivity contribution in [3.8, 4) is 0 Å². The molecule has 0 N–H and O–H groups in total. The van der Waals surface area contributed by atoms with E-state index < -0.39 is 56.4 Å². The maximum atomic E-state index is 13.4. The minimum atomic E-state index is -4.50. The normalized spacial score (nSPS) is 22.9. The van der Waals surface area contributed by atoms with Crippen LogP contribution in [0.15, 0.2) is 18.5 Å². The van der Waals surface area contributed by atoms with Crippen molar-refractivity contribution in [1.29, 1.82) is 0 Å². The summed E-state index contributed by atoms with van der Waals surface area (Å²) < 4.78 is 70.5. The van der Waals surface area contributed by atoms with Gasteiger partial charge in [-0.25, -0.2) is 0 Å². The summed E-state index contributed by atoms with van der Waals surface area (Å²) in [5.74, 6) is -2.78. The molecule has 1 saturated carbocycles. The van der Waals surface area contributed by atoms with Crippen LogP contribution in [0.5, 0.6) is 0 Å². The van der Waals surface area contributed by atoms with Crippen molar-refractivity contribution in [2.24, 2.45) is 0 Å². The Kier molecular flexibility index (Phi) is 3.03. The van der Waals surface area contributed by atoms with Crippen LogP contribution in [-0.4, -0.2) is 24.3 Å². The number of nitrogens with zero attached hydrogens (tertiary/aromatic N) is 2. The standard InChI is InChI=1S/C14H12F5IN2/c15-13(16)5-9(6-13)22-7-21-11-4-8(20-1-2-20)3-10(12(11)22)14(17,18)19/h3-4,7,9H,1-2,5-6H2. The molecule has 1 aliphatic carbocycles. The van der Waals surface area contributed by atoms with E-state index in [1.165, 1.54) is 17.0 Å². The van der Waals surface area contributed by atoms with Crippen LogP contribution in [0.3, 0.4) is 0 Å². The molecule has 0 unspecified atom stereocenters. The molecule has 2 fully saturated rings. The van der Waals surface area contributed by atoms with Gasteiger partial charge in [0.1, 0.15) is 0 Å². The number of hydrogen-bond donors (Lipinski definition) is 0. The predicted octanol–water partition coefficient (Wildman–Crippen LogP) is 4.71. The molecular weight excluding hydrogens is 418 g/mol. The van der Waals surface area contributed by atoms with Gasteiger partial charge in [0.2, 0.25) is 0 Å². The first-order chi connectivity index (χ1) is 10.2. The molecule has 0 bridgehead atoms. The Hall–Kier alpha value is -0.930. The number of hydrogen-bond acceptors (Lipinski definition) is 1. The molecule has 1 saturated heterocycles. The summed E-state index contributed by atoms with van der Waals surface area (Å²) in [7, 11) is 0. The van der Waals surface area contributed by atoms with Gasteiger partial charge in [0.15, 0.2) is 0 Å². The van der Waals surface area contributed by atoms with Gasteiger partial charge in [0.25, 0.3) is 0 Å². The number of benzene rings is 1. The van der Waals surface area contributed by atoms with Crippen molar-refractivity contribution in [1.82, 2.24) is 9.55 Å². The van der Waals surface area contributed by atoms with E-state index >= 15 is 0 Å². The maximum absolute atomic E-state index is 13.4. The Labute approximate surface area is 130 Å². The number of halogens is 6. The van der Waals surface area contributed by atoms with Gasteiger partial charge in [-0.2, -0.15) is 0 Å². The number of alkyl halides is 7. The molecule has 0 amide bonds. The molecular formula is C14H12F5IN2. The summed E-state index contributed by atoms with van der Waals surface area (Å²) in [6.07, 6.45) is -4.06. The monoisotopic (exact) mass is 430 g/mol. The number of aromatic nitrogens is 2. The second-order valence-electron chi connectivity index (χ2n) is 5.72. The van der Waals surface area contributed by atoms with Crippen molar-refractivity contribution in [3.05, 3.63) is 27.6 Å². The molecule has 4 rings (SSSR count). The van der Waals surface area contributed by atoms with E-state index in [1.54, 1.807) is 6.07 Å². The van der Waals surface area contributed by atoms with Crippen molar-refractivity contribution in [3.63, 3.8) is 0 Å². The average molecular weight is 430 g/mol. The Morgan fingerprint density at radius 2 is 1.86 bits per heavy atom. The summed E-state index contributed by atoms with van der Waals surface area (Å²) in [5.41, 5.74) is -0.490. The Morgan fingerprint density at radius 3 is 2.41 bits per heavy atom. The fraction of sp³-hybridized carbons (Fsp3) is 0.500. The predicted molar refractivity (Wildman–Crippen MR) is 80.4 cm³/mol. The van der Waals surface area contributed by atoms with Gasteiger partial charge in [-0.05, 0) is 0 Å². The first-order valence-corrected chi connectivity index (χ1v) is 10.9. The van der Waals surface area contributed by atoms with Gasteiger partial charge in [-0.1, -0.05) is 0 Å².